The zero-order valence-electron chi connectivity index (χ0n) is 13.8. The molecule has 2 aromatic carbocycles. The van der Waals surface area contributed by atoms with Gasteiger partial charge in [-0.3, -0.25) is 5.43 Å². The standard InChI is InChI=1S/C20H17N5/c1-15(16-6-9-18(10-7-16)25-13-12-21-14-25)23-24-20-11-8-17-4-2-3-5-19(17)22-20/h2-14H,1H3,(H,22,24)/b23-15+. The number of rotatable bonds is 4. The summed E-state index contributed by atoms with van der Waals surface area (Å²) in [6, 6.07) is 20.2. The van der Waals surface area contributed by atoms with Gasteiger partial charge in [-0.25, -0.2) is 9.97 Å². The minimum absolute atomic E-state index is 0.730. The van der Waals surface area contributed by atoms with Crippen molar-refractivity contribution >= 4 is 22.4 Å². The van der Waals surface area contributed by atoms with E-state index in [0.29, 0.717) is 0 Å². The molecule has 4 aromatic rings. The SMILES string of the molecule is C/C(=N\Nc1ccc2ccccc2n1)c1ccc(-n2ccnc2)cc1. The van der Waals surface area contributed by atoms with E-state index in [0.717, 1.165) is 33.7 Å². The smallest absolute Gasteiger partial charge is 0.146 e. The van der Waals surface area contributed by atoms with Crippen molar-refractivity contribution in [2.24, 2.45) is 5.10 Å². The maximum Gasteiger partial charge on any atom is 0.146 e. The molecule has 25 heavy (non-hydrogen) atoms. The number of pyridine rings is 1. The molecule has 0 fully saturated rings. The molecule has 0 saturated carbocycles. The highest BCUT2D eigenvalue weighted by Gasteiger charge is 2.01. The lowest BCUT2D eigenvalue weighted by molar-refractivity contribution is 1.06. The second-order valence-corrected chi connectivity index (χ2v) is 5.72. The summed E-state index contributed by atoms with van der Waals surface area (Å²) in [5, 5.41) is 5.56. The molecule has 0 radical (unpaired) electrons. The number of nitrogens with one attached hydrogen (secondary N) is 1. The first-order chi connectivity index (χ1) is 12.3. The number of para-hydroxylation sites is 1. The fraction of sp³-hybridized carbons (Fsp3) is 0.0500. The summed E-state index contributed by atoms with van der Waals surface area (Å²) in [6.07, 6.45) is 5.47. The maximum absolute atomic E-state index is 4.56. The molecule has 0 amide bonds. The van der Waals surface area contributed by atoms with E-state index in [9.17, 15) is 0 Å². The van der Waals surface area contributed by atoms with Gasteiger partial charge in [0.2, 0.25) is 0 Å². The summed E-state index contributed by atoms with van der Waals surface area (Å²) in [5.41, 5.74) is 7.00. The van der Waals surface area contributed by atoms with Crippen molar-refractivity contribution in [2.75, 3.05) is 5.43 Å². The molecule has 2 heterocycles. The number of hydrogen-bond donors (Lipinski definition) is 1. The number of hydrazone groups is 1. The molecular weight excluding hydrogens is 310 g/mol. The van der Waals surface area contributed by atoms with Crippen molar-refractivity contribution < 1.29 is 0 Å². The molecule has 1 N–H and O–H groups in total. The van der Waals surface area contributed by atoms with Crippen molar-refractivity contribution in [1.29, 1.82) is 0 Å². The Labute approximate surface area is 145 Å². The van der Waals surface area contributed by atoms with E-state index >= 15 is 0 Å². The second kappa shape index (κ2) is 6.57. The van der Waals surface area contributed by atoms with E-state index in [4.69, 9.17) is 0 Å². The van der Waals surface area contributed by atoms with Crippen LogP contribution in [0.15, 0.2) is 84.5 Å². The number of nitrogens with zero attached hydrogens (tertiary/aromatic N) is 4. The van der Waals surface area contributed by atoms with Crippen LogP contribution in [-0.4, -0.2) is 20.2 Å². The Balaban J connectivity index is 1.52. The number of benzene rings is 2. The van der Waals surface area contributed by atoms with Crippen LogP contribution in [0.4, 0.5) is 5.82 Å². The maximum atomic E-state index is 4.56. The van der Waals surface area contributed by atoms with Gasteiger partial charge in [0, 0.05) is 23.5 Å². The quantitative estimate of drug-likeness (QED) is 0.450. The number of anilines is 1. The molecule has 2 aromatic heterocycles. The lowest BCUT2D eigenvalue weighted by atomic mass is 10.1. The Kier molecular flexibility index (Phi) is 3.96. The molecule has 122 valence electrons. The summed E-state index contributed by atoms with van der Waals surface area (Å²) >= 11 is 0. The molecule has 0 unspecified atom stereocenters. The predicted octanol–water partition coefficient (Wildman–Crippen LogP) is 4.26. The van der Waals surface area contributed by atoms with E-state index in [-0.39, 0.29) is 0 Å². The first kappa shape index (κ1) is 15.1. The topological polar surface area (TPSA) is 55.1 Å². The zero-order chi connectivity index (χ0) is 17.1. The highest BCUT2D eigenvalue weighted by Crippen LogP contribution is 2.15. The Morgan fingerprint density at radius 1 is 1.00 bits per heavy atom. The normalized spacial score (nSPS) is 11.6. The van der Waals surface area contributed by atoms with Gasteiger partial charge < -0.3 is 4.57 Å². The molecule has 4 rings (SSSR count). The monoisotopic (exact) mass is 327 g/mol. The van der Waals surface area contributed by atoms with Gasteiger partial charge in [0.05, 0.1) is 17.6 Å². The van der Waals surface area contributed by atoms with Gasteiger partial charge >= 0.3 is 0 Å². The summed E-state index contributed by atoms with van der Waals surface area (Å²) in [4.78, 5) is 8.62. The fourth-order valence-electron chi connectivity index (χ4n) is 2.62. The molecule has 0 atom stereocenters. The molecule has 0 bridgehead atoms. The first-order valence-electron chi connectivity index (χ1n) is 8.04. The van der Waals surface area contributed by atoms with Crippen molar-refractivity contribution in [2.45, 2.75) is 6.92 Å². The van der Waals surface area contributed by atoms with Gasteiger partial charge in [0.1, 0.15) is 5.82 Å². The van der Waals surface area contributed by atoms with Crippen LogP contribution in [0.1, 0.15) is 12.5 Å². The van der Waals surface area contributed by atoms with Crippen molar-refractivity contribution in [1.82, 2.24) is 14.5 Å². The minimum Gasteiger partial charge on any atom is -0.306 e. The van der Waals surface area contributed by atoms with Crippen LogP contribution in [0.2, 0.25) is 0 Å². The number of fused-ring (bicyclic) bond motifs is 1. The van der Waals surface area contributed by atoms with Gasteiger partial charge in [-0.05, 0) is 42.8 Å². The molecule has 0 aliphatic carbocycles. The highest BCUT2D eigenvalue weighted by atomic mass is 15.3. The lowest BCUT2D eigenvalue weighted by Gasteiger charge is -2.06. The third-order valence-corrected chi connectivity index (χ3v) is 4.02. The largest absolute Gasteiger partial charge is 0.306 e. The van der Waals surface area contributed by atoms with Crippen molar-refractivity contribution in [3.63, 3.8) is 0 Å². The molecule has 0 saturated heterocycles. The predicted molar refractivity (Wildman–Crippen MR) is 101 cm³/mol. The first-order valence-corrected chi connectivity index (χ1v) is 8.04. The van der Waals surface area contributed by atoms with Crippen LogP contribution in [0.5, 0.6) is 0 Å². The van der Waals surface area contributed by atoms with Gasteiger partial charge in [0.15, 0.2) is 0 Å². The van der Waals surface area contributed by atoms with Crippen LogP contribution >= 0.6 is 0 Å². The van der Waals surface area contributed by atoms with E-state index in [2.05, 4.69) is 20.5 Å². The van der Waals surface area contributed by atoms with Gasteiger partial charge in [-0.2, -0.15) is 5.10 Å². The van der Waals surface area contributed by atoms with Crippen molar-refractivity contribution in [3.05, 3.63) is 84.9 Å². The summed E-state index contributed by atoms with van der Waals surface area (Å²) < 4.78 is 1.97. The average molecular weight is 327 g/mol. The van der Waals surface area contributed by atoms with Crippen molar-refractivity contribution in [3.8, 4) is 5.69 Å². The van der Waals surface area contributed by atoms with E-state index < -0.39 is 0 Å². The Morgan fingerprint density at radius 3 is 2.64 bits per heavy atom. The van der Waals surface area contributed by atoms with E-state index in [1.807, 2.05) is 78.4 Å². The molecule has 5 heteroatoms. The third-order valence-electron chi connectivity index (χ3n) is 4.02. The van der Waals surface area contributed by atoms with E-state index in [1.54, 1.807) is 12.5 Å². The zero-order valence-corrected chi connectivity index (χ0v) is 13.8. The minimum atomic E-state index is 0.730. The number of imidazole rings is 1. The van der Waals surface area contributed by atoms with Gasteiger partial charge in [-0.15, -0.1) is 0 Å². The molecule has 0 aliphatic rings. The fourth-order valence-corrected chi connectivity index (χ4v) is 2.62. The van der Waals surface area contributed by atoms with Gasteiger partial charge in [0.25, 0.3) is 0 Å². The number of aromatic nitrogens is 3. The average Bonchev–Trinajstić information content (AvgIpc) is 3.21. The Bertz CT molecular complexity index is 1020. The lowest BCUT2D eigenvalue weighted by Crippen LogP contribution is -2.01. The molecule has 0 spiro atoms. The van der Waals surface area contributed by atoms with E-state index in [1.165, 1.54) is 0 Å². The molecule has 0 aliphatic heterocycles. The number of hydrogen-bond acceptors (Lipinski definition) is 4. The van der Waals surface area contributed by atoms with Crippen LogP contribution < -0.4 is 5.43 Å². The van der Waals surface area contributed by atoms with Gasteiger partial charge in [-0.1, -0.05) is 30.3 Å². The van der Waals surface area contributed by atoms with Crippen LogP contribution in [0.25, 0.3) is 16.6 Å². The Hall–Kier alpha value is -3.47. The highest BCUT2D eigenvalue weighted by molar-refractivity contribution is 5.99. The van der Waals surface area contributed by atoms with Crippen LogP contribution in [0, 0.1) is 0 Å². The Morgan fingerprint density at radius 2 is 1.84 bits per heavy atom. The van der Waals surface area contributed by atoms with Crippen LogP contribution in [0.3, 0.4) is 0 Å². The summed E-state index contributed by atoms with van der Waals surface area (Å²) in [5.74, 6) is 0.730. The second-order valence-electron chi connectivity index (χ2n) is 5.72. The van der Waals surface area contributed by atoms with Crippen LogP contribution in [-0.2, 0) is 0 Å². The molecular formula is C20H17N5. The summed E-state index contributed by atoms with van der Waals surface area (Å²) in [7, 11) is 0. The third kappa shape index (κ3) is 3.26. The summed E-state index contributed by atoms with van der Waals surface area (Å²) in [6.45, 7) is 1.97. The molecule has 5 nitrogen and oxygen atoms in total.